The molecule has 0 spiro atoms. The van der Waals surface area contributed by atoms with Gasteiger partial charge < -0.3 is 9.30 Å². The number of anilines is 1. The lowest BCUT2D eigenvalue weighted by Crippen LogP contribution is -2.31. The topological polar surface area (TPSA) is 75.3 Å². The Hall–Kier alpha value is -2.98. The molecule has 7 heteroatoms. The van der Waals surface area contributed by atoms with E-state index in [0.29, 0.717) is 31.5 Å². The summed E-state index contributed by atoms with van der Waals surface area (Å²) in [6.07, 6.45) is 1.29. The van der Waals surface area contributed by atoms with Crippen LogP contribution in [-0.4, -0.2) is 32.4 Å². The molecule has 30 heavy (non-hydrogen) atoms. The largest absolute Gasteiger partial charge is 0.497 e. The molecule has 0 bridgehead atoms. The van der Waals surface area contributed by atoms with Gasteiger partial charge in [-0.2, -0.15) is 5.26 Å². The van der Waals surface area contributed by atoms with Crippen molar-refractivity contribution < 1.29 is 13.2 Å². The van der Waals surface area contributed by atoms with E-state index in [1.165, 1.54) is 4.31 Å². The lowest BCUT2D eigenvalue weighted by Gasteiger charge is -2.20. The minimum atomic E-state index is -3.34. The third-order valence-electron chi connectivity index (χ3n) is 5.71. The quantitative estimate of drug-likeness (QED) is 0.592. The van der Waals surface area contributed by atoms with Crippen LogP contribution in [0.3, 0.4) is 0 Å². The van der Waals surface area contributed by atoms with Crippen molar-refractivity contribution >= 4 is 26.6 Å². The summed E-state index contributed by atoms with van der Waals surface area (Å²) >= 11 is 0. The Bertz CT molecular complexity index is 1270. The molecular formula is C23H25N3O3S. The van der Waals surface area contributed by atoms with E-state index in [4.69, 9.17) is 4.74 Å². The van der Waals surface area contributed by atoms with Gasteiger partial charge in [0.15, 0.2) is 0 Å². The highest BCUT2D eigenvalue weighted by molar-refractivity contribution is 7.92. The molecule has 0 N–H and O–H groups in total. The van der Waals surface area contributed by atoms with Gasteiger partial charge in [-0.25, -0.2) is 8.42 Å². The maximum atomic E-state index is 12.8. The second kappa shape index (κ2) is 7.69. The third kappa shape index (κ3) is 3.12. The Labute approximate surface area is 177 Å². The predicted octanol–water partition coefficient (Wildman–Crippen LogP) is 4.31. The van der Waals surface area contributed by atoms with Gasteiger partial charge in [0.1, 0.15) is 11.8 Å². The first kappa shape index (κ1) is 20.3. The predicted molar refractivity (Wildman–Crippen MR) is 119 cm³/mol. The fourth-order valence-electron chi connectivity index (χ4n) is 4.35. The van der Waals surface area contributed by atoms with Gasteiger partial charge in [0.2, 0.25) is 10.0 Å². The molecule has 0 aliphatic carbocycles. The van der Waals surface area contributed by atoms with Gasteiger partial charge in [-0.1, -0.05) is 19.1 Å². The number of nitrogens with zero attached hydrogens (tertiary/aromatic N) is 3. The van der Waals surface area contributed by atoms with Gasteiger partial charge in [0.05, 0.1) is 35.3 Å². The van der Waals surface area contributed by atoms with Crippen molar-refractivity contribution in [3.8, 4) is 23.1 Å². The van der Waals surface area contributed by atoms with Crippen LogP contribution in [0.5, 0.6) is 5.75 Å². The van der Waals surface area contributed by atoms with Gasteiger partial charge in [0.25, 0.3) is 0 Å². The molecule has 0 unspecified atom stereocenters. The molecule has 0 fully saturated rings. The number of nitriles is 1. The molecule has 0 atom stereocenters. The van der Waals surface area contributed by atoms with Crippen LogP contribution in [0.4, 0.5) is 5.69 Å². The molecule has 2 aromatic carbocycles. The Morgan fingerprint density at radius 2 is 1.97 bits per heavy atom. The maximum Gasteiger partial charge on any atom is 0.235 e. The molecule has 4 rings (SSSR count). The number of methoxy groups -OCH3 is 1. The Morgan fingerprint density at radius 3 is 2.63 bits per heavy atom. The van der Waals surface area contributed by atoms with Crippen molar-refractivity contribution in [2.45, 2.75) is 33.2 Å². The first-order chi connectivity index (χ1) is 14.4. The number of sulfonamides is 1. The first-order valence-corrected chi connectivity index (χ1v) is 11.8. The smallest absolute Gasteiger partial charge is 0.235 e. The molecular weight excluding hydrogens is 398 g/mol. The molecule has 2 heterocycles. The molecule has 1 aliphatic rings. The average molecular weight is 424 g/mol. The summed E-state index contributed by atoms with van der Waals surface area (Å²) in [6, 6.07) is 14.0. The van der Waals surface area contributed by atoms with E-state index in [2.05, 4.69) is 10.6 Å². The molecule has 156 valence electrons. The van der Waals surface area contributed by atoms with Crippen LogP contribution in [0.15, 0.2) is 36.4 Å². The highest BCUT2D eigenvalue weighted by Gasteiger charge is 2.30. The monoisotopic (exact) mass is 423 g/mol. The first-order valence-electron chi connectivity index (χ1n) is 10.2. The summed E-state index contributed by atoms with van der Waals surface area (Å²) in [5, 5.41) is 10.8. The van der Waals surface area contributed by atoms with Crippen LogP contribution in [0.25, 0.3) is 22.2 Å². The number of fused-ring (bicyclic) bond motifs is 2. The highest BCUT2D eigenvalue weighted by Crippen LogP contribution is 2.39. The highest BCUT2D eigenvalue weighted by atomic mass is 32.2. The van der Waals surface area contributed by atoms with E-state index in [9.17, 15) is 13.7 Å². The van der Waals surface area contributed by atoms with E-state index in [1.54, 1.807) is 7.11 Å². The van der Waals surface area contributed by atoms with E-state index in [0.717, 1.165) is 39.2 Å². The fourth-order valence-corrected chi connectivity index (χ4v) is 5.93. The van der Waals surface area contributed by atoms with Crippen molar-refractivity contribution in [1.82, 2.24) is 4.57 Å². The minimum Gasteiger partial charge on any atom is -0.497 e. The third-order valence-corrected chi connectivity index (χ3v) is 7.68. The summed E-state index contributed by atoms with van der Waals surface area (Å²) in [5.41, 5.74) is 4.94. The van der Waals surface area contributed by atoms with E-state index < -0.39 is 10.0 Å². The summed E-state index contributed by atoms with van der Waals surface area (Å²) in [4.78, 5) is 0. The summed E-state index contributed by atoms with van der Waals surface area (Å²) < 4.78 is 34.5. The number of aromatic nitrogens is 1. The van der Waals surface area contributed by atoms with Crippen molar-refractivity contribution in [2.75, 3.05) is 23.7 Å². The van der Waals surface area contributed by atoms with E-state index in [1.807, 2.05) is 50.2 Å². The molecule has 1 aliphatic heterocycles. The Kier molecular flexibility index (Phi) is 5.20. The van der Waals surface area contributed by atoms with Gasteiger partial charge in [-0.3, -0.25) is 4.31 Å². The zero-order valence-electron chi connectivity index (χ0n) is 17.5. The van der Waals surface area contributed by atoms with Gasteiger partial charge in [-0.15, -0.1) is 0 Å². The second-order valence-electron chi connectivity index (χ2n) is 7.44. The molecule has 0 radical (unpaired) electrons. The minimum absolute atomic E-state index is 0.134. The Morgan fingerprint density at radius 1 is 1.17 bits per heavy atom. The van der Waals surface area contributed by atoms with E-state index >= 15 is 0 Å². The molecule has 0 saturated carbocycles. The number of hydrogen-bond acceptors (Lipinski definition) is 4. The number of hydrogen-bond donors (Lipinski definition) is 0. The van der Waals surface area contributed by atoms with Crippen LogP contribution < -0.4 is 9.04 Å². The van der Waals surface area contributed by atoms with Crippen molar-refractivity contribution in [3.05, 3.63) is 47.5 Å². The van der Waals surface area contributed by atoms with Crippen LogP contribution >= 0.6 is 0 Å². The number of ether oxygens (including phenoxy) is 1. The van der Waals surface area contributed by atoms with Gasteiger partial charge >= 0.3 is 0 Å². The van der Waals surface area contributed by atoms with Crippen molar-refractivity contribution in [3.63, 3.8) is 0 Å². The molecule has 0 saturated heterocycles. The molecule has 6 nitrogen and oxygen atoms in total. The van der Waals surface area contributed by atoms with Crippen LogP contribution in [0, 0.1) is 11.3 Å². The second-order valence-corrected chi connectivity index (χ2v) is 9.46. The molecule has 3 aromatic rings. The standard InChI is InChI=1S/C23H25N3O3S/c1-4-12-30(27,28)26-11-10-16-6-7-17(13-21(16)26)23-20(15-24)19-9-8-18(29-3)14-22(19)25(23)5-2/h6-9,13-14H,4-5,10-12H2,1-3H3. The van der Waals surface area contributed by atoms with Crippen LogP contribution in [-0.2, 0) is 23.0 Å². The molecule has 1 aromatic heterocycles. The SMILES string of the molecule is CCCS(=O)(=O)N1CCc2ccc(-c3c(C#N)c4ccc(OC)cc4n3CC)cc21. The number of aryl methyl sites for hydroxylation is 1. The normalized spacial score (nSPS) is 13.5. The molecule has 0 amide bonds. The van der Waals surface area contributed by atoms with Crippen LogP contribution in [0.2, 0.25) is 0 Å². The number of benzene rings is 2. The zero-order valence-corrected chi connectivity index (χ0v) is 18.3. The fraction of sp³-hybridized carbons (Fsp3) is 0.348. The van der Waals surface area contributed by atoms with E-state index in [-0.39, 0.29) is 5.75 Å². The van der Waals surface area contributed by atoms with Crippen molar-refractivity contribution in [2.24, 2.45) is 0 Å². The zero-order chi connectivity index (χ0) is 21.5. The lowest BCUT2D eigenvalue weighted by atomic mass is 10.0. The van der Waals surface area contributed by atoms with Gasteiger partial charge in [-0.05, 0) is 43.5 Å². The summed E-state index contributed by atoms with van der Waals surface area (Å²) in [7, 11) is -1.72. The lowest BCUT2D eigenvalue weighted by molar-refractivity contribution is 0.415. The average Bonchev–Trinajstić information content (AvgIpc) is 3.31. The Balaban J connectivity index is 1.93. The van der Waals surface area contributed by atoms with Gasteiger partial charge in [0, 0.05) is 30.1 Å². The summed E-state index contributed by atoms with van der Waals surface area (Å²) in [6.45, 7) is 5.06. The number of rotatable bonds is 6. The van der Waals surface area contributed by atoms with Crippen LogP contribution in [0.1, 0.15) is 31.4 Å². The van der Waals surface area contributed by atoms with Crippen molar-refractivity contribution in [1.29, 1.82) is 5.26 Å². The maximum absolute atomic E-state index is 12.8. The summed E-state index contributed by atoms with van der Waals surface area (Å²) in [5.74, 6) is 0.867.